The van der Waals surface area contributed by atoms with Gasteiger partial charge in [-0.3, -0.25) is 4.79 Å². The molecule has 0 aromatic heterocycles. The van der Waals surface area contributed by atoms with Gasteiger partial charge in [-0.25, -0.2) is 0 Å². The summed E-state index contributed by atoms with van der Waals surface area (Å²) in [7, 11) is 0. The van der Waals surface area contributed by atoms with E-state index in [-0.39, 0.29) is 0 Å². The molecule has 0 aliphatic rings. The second-order valence-corrected chi connectivity index (χ2v) is 7.06. The lowest BCUT2D eigenvalue weighted by Gasteiger charge is -2.08. The number of carbonyl (C=O) groups is 1. The van der Waals surface area contributed by atoms with Crippen molar-refractivity contribution in [3.8, 4) is 0 Å². The molecule has 0 bridgehead atoms. The van der Waals surface area contributed by atoms with Crippen LogP contribution in [0, 0.1) is 5.92 Å². The molecule has 1 unspecified atom stereocenters. The Balaban J connectivity index is 3.41. The fourth-order valence-electron chi connectivity index (χ4n) is 2.76. The largest absolute Gasteiger partial charge is 0.481 e. The molecule has 0 aliphatic heterocycles. The predicted molar refractivity (Wildman–Crippen MR) is 110 cm³/mol. The second-order valence-electron chi connectivity index (χ2n) is 7.06. The number of carboxylic acid groups (broad SMARTS) is 1. The molecule has 0 saturated carbocycles. The van der Waals surface area contributed by atoms with Gasteiger partial charge < -0.3 is 5.11 Å². The molecule has 144 valence electrons. The van der Waals surface area contributed by atoms with E-state index in [1.165, 1.54) is 38.5 Å². The first-order valence-corrected chi connectivity index (χ1v) is 10.3. The highest BCUT2D eigenvalue weighted by Crippen LogP contribution is 2.15. The van der Waals surface area contributed by atoms with Gasteiger partial charge in [-0.05, 0) is 50.9 Å². The smallest absolute Gasteiger partial charge is 0.303 e. The Morgan fingerprint density at radius 2 is 1.44 bits per heavy atom. The summed E-state index contributed by atoms with van der Waals surface area (Å²) in [6, 6.07) is 0. The predicted octanol–water partition coefficient (Wildman–Crippen LogP) is 7.47. The molecule has 2 nitrogen and oxygen atoms in total. The van der Waals surface area contributed by atoms with Gasteiger partial charge in [0.1, 0.15) is 0 Å². The van der Waals surface area contributed by atoms with E-state index in [9.17, 15) is 4.79 Å². The Labute approximate surface area is 156 Å². The maximum Gasteiger partial charge on any atom is 0.303 e. The zero-order chi connectivity index (χ0) is 18.6. The lowest BCUT2D eigenvalue weighted by molar-refractivity contribution is -0.137. The molecule has 0 amide bonds. The van der Waals surface area contributed by atoms with E-state index in [4.69, 9.17) is 5.11 Å². The van der Waals surface area contributed by atoms with Gasteiger partial charge in [0.2, 0.25) is 0 Å². The summed E-state index contributed by atoms with van der Waals surface area (Å²) in [4.78, 5) is 10.4. The van der Waals surface area contributed by atoms with Gasteiger partial charge in [0, 0.05) is 6.42 Å². The maximum atomic E-state index is 10.4. The quantitative estimate of drug-likeness (QED) is 0.219. The Morgan fingerprint density at radius 3 is 2.08 bits per heavy atom. The molecule has 0 rings (SSSR count). The Bertz CT molecular complexity index is 380. The fraction of sp³-hybridized carbons (Fsp3) is 0.696. The Morgan fingerprint density at radius 1 is 0.800 bits per heavy atom. The van der Waals surface area contributed by atoms with Crippen LogP contribution in [0.4, 0.5) is 0 Å². The molecule has 0 spiro atoms. The van der Waals surface area contributed by atoms with Gasteiger partial charge in [0.15, 0.2) is 0 Å². The molecule has 0 saturated heterocycles. The van der Waals surface area contributed by atoms with Gasteiger partial charge >= 0.3 is 5.97 Å². The van der Waals surface area contributed by atoms with E-state index < -0.39 is 5.97 Å². The lowest BCUT2D eigenvalue weighted by atomic mass is 9.98. The minimum Gasteiger partial charge on any atom is -0.481 e. The highest BCUT2D eigenvalue weighted by molar-refractivity contribution is 5.66. The third-order valence-corrected chi connectivity index (χ3v) is 4.43. The molecule has 25 heavy (non-hydrogen) atoms. The van der Waals surface area contributed by atoms with Crippen LogP contribution in [0.5, 0.6) is 0 Å². The Hall–Kier alpha value is -1.31. The highest BCUT2D eigenvalue weighted by atomic mass is 16.4. The summed E-state index contributed by atoms with van der Waals surface area (Å²) in [6.07, 6.45) is 27.8. The van der Waals surface area contributed by atoms with Crippen molar-refractivity contribution in [2.45, 2.75) is 97.3 Å². The average molecular weight is 349 g/mol. The zero-order valence-corrected chi connectivity index (χ0v) is 16.6. The van der Waals surface area contributed by atoms with E-state index in [1.54, 1.807) is 0 Å². The molecule has 1 atom stereocenters. The standard InChI is InChI=1S/C23H40O2/c1-3-4-16-19-22(2)20-17-14-12-10-8-6-5-7-9-11-13-15-18-21-23(24)25/h6-9,12,14,22H,3-5,10-11,13,15-21H2,1-2H3,(H,24,25). The average Bonchev–Trinajstić information content (AvgIpc) is 2.58. The normalized spacial score (nSPS) is 13.4. The summed E-state index contributed by atoms with van der Waals surface area (Å²) in [5.41, 5.74) is 0. The van der Waals surface area contributed by atoms with E-state index in [2.05, 4.69) is 50.3 Å². The first-order valence-electron chi connectivity index (χ1n) is 10.3. The van der Waals surface area contributed by atoms with Crippen LogP contribution in [0.2, 0.25) is 0 Å². The van der Waals surface area contributed by atoms with Crippen LogP contribution in [0.1, 0.15) is 97.3 Å². The van der Waals surface area contributed by atoms with Crippen molar-refractivity contribution < 1.29 is 9.90 Å². The van der Waals surface area contributed by atoms with Crippen molar-refractivity contribution >= 4 is 5.97 Å². The van der Waals surface area contributed by atoms with Crippen molar-refractivity contribution in [2.24, 2.45) is 5.92 Å². The van der Waals surface area contributed by atoms with E-state index >= 15 is 0 Å². The third-order valence-electron chi connectivity index (χ3n) is 4.43. The van der Waals surface area contributed by atoms with Gasteiger partial charge in [-0.15, -0.1) is 0 Å². The van der Waals surface area contributed by atoms with Crippen molar-refractivity contribution in [1.29, 1.82) is 0 Å². The summed E-state index contributed by atoms with van der Waals surface area (Å²) in [5.74, 6) is 0.178. The van der Waals surface area contributed by atoms with Gasteiger partial charge in [0.25, 0.3) is 0 Å². The van der Waals surface area contributed by atoms with Gasteiger partial charge in [-0.2, -0.15) is 0 Å². The van der Waals surface area contributed by atoms with Crippen molar-refractivity contribution in [1.82, 2.24) is 0 Å². The lowest BCUT2D eigenvalue weighted by Crippen LogP contribution is -1.93. The molecule has 0 aromatic rings. The van der Waals surface area contributed by atoms with Crippen LogP contribution in [-0.4, -0.2) is 11.1 Å². The maximum absolute atomic E-state index is 10.4. The number of aliphatic carboxylic acids is 1. The molecule has 0 aliphatic carbocycles. The van der Waals surface area contributed by atoms with Crippen LogP contribution >= 0.6 is 0 Å². The van der Waals surface area contributed by atoms with Crippen molar-refractivity contribution in [3.63, 3.8) is 0 Å². The van der Waals surface area contributed by atoms with Crippen molar-refractivity contribution in [2.75, 3.05) is 0 Å². The number of hydrogen-bond donors (Lipinski definition) is 1. The van der Waals surface area contributed by atoms with E-state index in [0.29, 0.717) is 6.42 Å². The summed E-state index contributed by atoms with van der Waals surface area (Å²) >= 11 is 0. The number of hydrogen-bond acceptors (Lipinski definition) is 1. The minimum absolute atomic E-state index is 0.303. The first-order chi connectivity index (χ1) is 12.2. The molecule has 2 heteroatoms. The van der Waals surface area contributed by atoms with Crippen LogP contribution in [-0.2, 0) is 4.79 Å². The zero-order valence-electron chi connectivity index (χ0n) is 16.6. The SMILES string of the molecule is CCCCCC(C)CCC=CCC=CCC=CCCCCCC(=O)O. The summed E-state index contributed by atoms with van der Waals surface area (Å²) in [5, 5.41) is 8.54. The van der Waals surface area contributed by atoms with Crippen LogP contribution < -0.4 is 0 Å². The molecule has 0 fully saturated rings. The van der Waals surface area contributed by atoms with Gasteiger partial charge in [-0.1, -0.05) is 82.4 Å². The molecular formula is C23H40O2. The first kappa shape index (κ1) is 23.7. The number of rotatable bonds is 17. The Kier molecular flexibility index (Phi) is 18.0. The summed E-state index contributed by atoms with van der Waals surface area (Å²) in [6.45, 7) is 4.64. The monoisotopic (exact) mass is 348 g/mol. The number of carboxylic acids is 1. The molecule has 0 aromatic carbocycles. The molecule has 0 radical (unpaired) electrons. The van der Waals surface area contributed by atoms with E-state index in [0.717, 1.165) is 44.4 Å². The van der Waals surface area contributed by atoms with Crippen LogP contribution in [0.3, 0.4) is 0 Å². The van der Waals surface area contributed by atoms with Crippen molar-refractivity contribution in [3.05, 3.63) is 36.5 Å². The number of unbranched alkanes of at least 4 members (excludes halogenated alkanes) is 5. The third kappa shape index (κ3) is 20.6. The second kappa shape index (κ2) is 19.0. The molecule has 1 N–H and O–H groups in total. The van der Waals surface area contributed by atoms with E-state index in [1.807, 2.05) is 0 Å². The fourth-order valence-corrected chi connectivity index (χ4v) is 2.76. The number of allylic oxidation sites excluding steroid dienone is 6. The minimum atomic E-state index is -0.684. The molecule has 0 heterocycles. The summed E-state index contributed by atoms with van der Waals surface area (Å²) < 4.78 is 0. The van der Waals surface area contributed by atoms with Gasteiger partial charge in [0.05, 0.1) is 0 Å². The van der Waals surface area contributed by atoms with Crippen LogP contribution in [0.15, 0.2) is 36.5 Å². The molecular weight excluding hydrogens is 308 g/mol. The highest BCUT2D eigenvalue weighted by Gasteiger charge is 1.99. The van der Waals surface area contributed by atoms with Crippen LogP contribution in [0.25, 0.3) is 0 Å². The topological polar surface area (TPSA) is 37.3 Å².